The fraction of sp³-hybridized carbons (Fsp3) is 0.217. The van der Waals surface area contributed by atoms with Gasteiger partial charge in [-0.1, -0.05) is 30.3 Å². The van der Waals surface area contributed by atoms with Crippen LogP contribution in [0.15, 0.2) is 65.5 Å². The molecule has 0 aliphatic carbocycles. The summed E-state index contributed by atoms with van der Waals surface area (Å²) < 4.78 is 40.3. The highest BCUT2D eigenvalue weighted by atomic mass is 32.2. The number of carbonyl (C=O) groups excluding carboxylic acids is 1. The topological polar surface area (TPSA) is 51.1 Å². The number of nitrogens with one attached hydrogen (secondary N) is 1. The Morgan fingerprint density at radius 1 is 1.03 bits per heavy atom. The minimum Gasteiger partial charge on any atom is -0.348 e. The summed E-state index contributed by atoms with van der Waals surface area (Å²) in [6.45, 7) is 1.83. The molecule has 0 bridgehead atoms. The molecule has 1 N–H and O–H groups in total. The fourth-order valence-electron chi connectivity index (χ4n) is 3.14. The van der Waals surface area contributed by atoms with Gasteiger partial charge in [-0.3, -0.25) is 14.2 Å². The van der Waals surface area contributed by atoms with Crippen LogP contribution in [-0.2, 0) is 18.5 Å². The maximum atomic E-state index is 13.1. The average Bonchev–Trinajstić information content (AvgIpc) is 2.73. The van der Waals surface area contributed by atoms with E-state index >= 15 is 0 Å². The Kier molecular flexibility index (Phi) is 6.90. The lowest BCUT2D eigenvalue weighted by Crippen LogP contribution is -2.33. The molecule has 1 amide bonds. The highest BCUT2D eigenvalue weighted by Crippen LogP contribution is 2.30. The van der Waals surface area contributed by atoms with Crippen LogP contribution >= 0.6 is 11.8 Å². The molecule has 0 unspecified atom stereocenters. The SMILES string of the molecule is CSCc1ccc(CNC(=O)c2ccc(C)n(-c3cccc(C(F)(F)F)c3)c2=O)cc1. The number of thioether (sulfide) groups is 1. The monoisotopic (exact) mass is 446 g/mol. The lowest BCUT2D eigenvalue weighted by atomic mass is 10.1. The predicted molar refractivity (Wildman–Crippen MR) is 117 cm³/mol. The van der Waals surface area contributed by atoms with Crippen LogP contribution in [-0.4, -0.2) is 16.7 Å². The van der Waals surface area contributed by atoms with Gasteiger partial charge in [-0.25, -0.2) is 0 Å². The first kappa shape index (κ1) is 22.7. The molecular formula is C23H21F3N2O2S. The summed E-state index contributed by atoms with van der Waals surface area (Å²) in [4.78, 5) is 25.6. The summed E-state index contributed by atoms with van der Waals surface area (Å²) >= 11 is 1.71. The molecule has 0 saturated carbocycles. The molecule has 0 radical (unpaired) electrons. The van der Waals surface area contributed by atoms with Gasteiger partial charge in [0.1, 0.15) is 5.56 Å². The van der Waals surface area contributed by atoms with Crippen molar-refractivity contribution >= 4 is 17.7 Å². The smallest absolute Gasteiger partial charge is 0.348 e. The Hall–Kier alpha value is -3.00. The molecule has 0 fully saturated rings. The lowest BCUT2D eigenvalue weighted by molar-refractivity contribution is -0.137. The summed E-state index contributed by atoms with van der Waals surface area (Å²) in [5, 5.41) is 2.70. The first-order valence-electron chi connectivity index (χ1n) is 9.46. The van der Waals surface area contributed by atoms with Crippen LogP contribution in [0.25, 0.3) is 5.69 Å². The van der Waals surface area contributed by atoms with E-state index in [1.54, 1.807) is 18.7 Å². The van der Waals surface area contributed by atoms with Gasteiger partial charge in [0.15, 0.2) is 0 Å². The standard InChI is InChI=1S/C23H21F3N2O2S/c1-15-6-11-20(21(29)27-13-16-7-9-17(10-8-16)14-31-2)22(30)28(15)19-5-3-4-18(12-19)23(24,25)26/h3-12H,13-14H2,1-2H3,(H,27,29). The highest BCUT2D eigenvalue weighted by molar-refractivity contribution is 7.97. The fourth-order valence-corrected chi connectivity index (χ4v) is 3.67. The number of halogens is 3. The van der Waals surface area contributed by atoms with Crippen molar-refractivity contribution in [2.45, 2.75) is 25.4 Å². The van der Waals surface area contributed by atoms with E-state index in [-0.39, 0.29) is 17.8 Å². The molecule has 0 spiro atoms. The van der Waals surface area contributed by atoms with E-state index in [2.05, 4.69) is 5.32 Å². The summed E-state index contributed by atoms with van der Waals surface area (Å²) in [6, 6.07) is 15.2. The van der Waals surface area contributed by atoms with Crippen LogP contribution in [0.3, 0.4) is 0 Å². The summed E-state index contributed by atoms with van der Waals surface area (Å²) in [6.07, 6.45) is -2.52. The Labute approximate surface area is 182 Å². The summed E-state index contributed by atoms with van der Waals surface area (Å²) in [5.74, 6) is 0.310. The van der Waals surface area contributed by atoms with Gasteiger partial charge >= 0.3 is 6.18 Å². The van der Waals surface area contributed by atoms with E-state index in [0.717, 1.165) is 28.0 Å². The number of alkyl halides is 3. The number of hydrogen-bond acceptors (Lipinski definition) is 3. The minimum atomic E-state index is -4.53. The molecule has 162 valence electrons. The Balaban J connectivity index is 1.85. The van der Waals surface area contributed by atoms with Gasteiger partial charge in [-0.05, 0) is 54.6 Å². The van der Waals surface area contributed by atoms with Crippen LogP contribution in [0.5, 0.6) is 0 Å². The molecule has 1 aromatic heterocycles. The number of benzene rings is 2. The van der Waals surface area contributed by atoms with Crippen LogP contribution in [0, 0.1) is 6.92 Å². The number of amides is 1. The number of carbonyl (C=O) groups is 1. The van der Waals surface area contributed by atoms with E-state index in [1.807, 2.05) is 30.5 Å². The molecule has 0 aliphatic heterocycles. The van der Waals surface area contributed by atoms with Crippen molar-refractivity contribution < 1.29 is 18.0 Å². The number of nitrogens with zero attached hydrogens (tertiary/aromatic N) is 1. The molecule has 1 heterocycles. The Morgan fingerprint density at radius 2 is 1.71 bits per heavy atom. The molecule has 31 heavy (non-hydrogen) atoms. The van der Waals surface area contributed by atoms with Crippen molar-refractivity contribution in [1.82, 2.24) is 9.88 Å². The minimum absolute atomic E-state index is 0.0522. The largest absolute Gasteiger partial charge is 0.416 e. The number of pyridine rings is 1. The van der Waals surface area contributed by atoms with E-state index in [0.29, 0.717) is 5.69 Å². The van der Waals surface area contributed by atoms with Gasteiger partial charge in [-0.15, -0.1) is 0 Å². The Morgan fingerprint density at radius 3 is 2.35 bits per heavy atom. The van der Waals surface area contributed by atoms with Crippen molar-refractivity contribution in [3.05, 3.63) is 99.0 Å². The predicted octanol–water partition coefficient (Wildman–Crippen LogP) is 4.96. The molecule has 8 heteroatoms. The van der Waals surface area contributed by atoms with Crippen molar-refractivity contribution in [2.24, 2.45) is 0 Å². The normalized spacial score (nSPS) is 11.4. The maximum Gasteiger partial charge on any atom is 0.416 e. The van der Waals surface area contributed by atoms with Crippen molar-refractivity contribution in [3.63, 3.8) is 0 Å². The van der Waals surface area contributed by atoms with E-state index in [4.69, 9.17) is 0 Å². The van der Waals surface area contributed by atoms with Gasteiger partial charge in [0.2, 0.25) is 0 Å². The van der Waals surface area contributed by atoms with Gasteiger partial charge in [0.05, 0.1) is 5.56 Å². The maximum absolute atomic E-state index is 13.1. The molecular weight excluding hydrogens is 425 g/mol. The second kappa shape index (κ2) is 9.43. The van der Waals surface area contributed by atoms with Crippen molar-refractivity contribution in [2.75, 3.05) is 6.26 Å². The lowest BCUT2D eigenvalue weighted by Gasteiger charge is -2.14. The van der Waals surface area contributed by atoms with Gasteiger partial charge in [0.25, 0.3) is 11.5 Å². The van der Waals surface area contributed by atoms with Gasteiger partial charge in [0, 0.05) is 23.7 Å². The van der Waals surface area contributed by atoms with E-state index < -0.39 is 23.2 Å². The van der Waals surface area contributed by atoms with Gasteiger partial charge < -0.3 is 5.32 Å². The number of aromatic nitrogens is 1. The first-order chi connectivity index (χ1) is 14.7. The third kappa shape index (κ3) is 5.38. The summed E-state index contributed by atoms with van der Waals surface area (Å²) in [7, 11) is 0. The molecule has 0 atom stereocenters. The van der Waals surface area contributed by atoms with Crippen LogP contribution in [0.4, 0.5) is 13.2 Å². The van der Waals surface area contributed by atoms with E-state index in [1.165, 1.54) is 29.8 Å². The average molecular weight is 446 g/mol. The van der Waals surface area contributed by atoms with Crippen molar-refractivity contribution in [3.8, 4) is 5.69 Å². The third-order valence-corrected chi connectivity index (χ3v) is 5.36. The molecule has 0 saturated heterocycles. The second-order valence-corrected chi connectivity index (χ2v) is 7.88. The zero-order valence-corrected chi connectivity index (χ0v) is 17.8. The second-order valence-electron chi connectivity index (χ2n) is 7.01. The van der Waals surface area contributed by atoms with Crippen molar-refractivity contribution in [1.29, 1.82) is 0 Å². The Bertz CT molecular complexity index is 1140. The molecule has 4 nitrogen and oxygen atoms in total. The number of rotatable bonds is 6. The molecule has 3 aromatic rings. The van der Waals surface area contributed by atoms with Crippen LogP contribution in [0.1, 0.15) is 32.7 Å². The number of aryl methyl sites for hydroxylation is 1. The van der Waals surface area contributed by atoms with Crippen LogP contribution in [0.2, 0.25) is 0 Å². The molecule has 3 rings (SSSR count). The molecule has 2 aromatic carbocycles. The quantitative estimate of drug-likeness (QED) is 0.583. The third-order valence-electron chi connectivity index (χ3n) is 4.74. The zero-order valence-electron chi connectivity index (χ0n) is 17.0. The van der Waals surface area contributed by atoms with Crippen LogP contribution < -0.4 is 10.9 Å². The summed E-state index contributed by atoms with van der Waals surface area (Å²) in [5.41, 5.74) is 0.848. The van der Waals surface area contributed by atoms with Gasteiger partial charge in [-0.2, -0.15) is 24.9 Å². The first-order valence-corrected chi connectivity index (χ1v) is 10.9. The van der Waals surface area contributed by atoms with E-state index in [9.17, 15) is 22.8 Å². The zero-order chi connectivity index (χ0) is 22.6. The molecule has 0 aliphatic rings. The number of hydrogen-bond donors (Lipinski definition) is 1. The highest BCUT2D eigenvalue weighted by Gasteiger charge is 2.30.